The van der Waals surface area contributed by atoms with Gasteiger partial charge in [0.25, 0.3) is 0 Å². The van der Waals surface area contributed by atoms with Gasteiger partial charge in [-0.25, -0.2) is 4.98 Å². The lowest BCUT2D eigenvalue weighted by Gasteiger charge is -2.32. The molecule has 29 heavy (non-hydrogen) atoms. The number of methoxy groups -OCH3 is 1. The van der Waals surface area contributed by atoms with Gasteiger partial charge in [0.1, 0.15) is 11.9 Å². The second kappa shape index (κ2) is 8.34. The second-order valence-electron chi connectivity index (χ2n) is 7.66. The van der Waals surface area contributed by atoms with Crippen molar-refractivity contribution in [2.45, 2.75) is 38.5 Å². The van der Waals surface area contributed by atoms with E-state index < -0.39 is 0 Å². The standard InChI is InChI=1S/C22H27N3O3S/c1-26-14-12-24-11-7-17-19(24)3-2-4-20(17)28-16-5-9-25(10-6-16)22-23-18-8-13-27-15-21(18)29-22/h2-4,7,11,16H,5-6,8-10,12-15H2,1H3. The topological polar surface area (TPSA) is 48.8 Å². The van der Waals surface area contributed by atoms with E-state index in [1.165, 1.54) is 21.5 Å². The Morgan fingerprint density at radius 1 is 1.24 bits per heavy atom. The van der Waals surface area contributed by atoms with Gasteiger partial charge in [-0.2, -0.15) is 0 Å². The molecule has 1 saturated heterocycles. The Morgan fingerprint density at radius 2 is 2.14 bits per heavy atom. The van der Waals surface area contributed by atoms with E-state index in [9.17, 15) is 0 Å². The molecule has 0 amide bonds. The Hall–Kier alpha value is -2.09. The van der Waals surface area contributed by atoms with Crippen molar-refractivity contribution >= 4 is 27.4 Å². The number of hydrogen-bond acceptors (Lipinski definition) is 6. The number of fused-ring (bicyclic) bond motifs is 2. The first-order valence-electron chi connectivity index (χ1n) is 10.4. The maximum atomic E-state index is 6.44. The maximum Gasteiger partial charge on any atom is 0.185 e. The van der Waals surface area contributed by atoms with Crippen LogP contribution in [0.1, 0.15) is 23.4 Å². The van der Waals surface area contributed by atoms with E-state index in [0.29, 0.717) is 6.61 Å². The zero-order valence-electron chi connectivity index (χ0n) is 16.8. The van der Waals surface area contributed by atoms with Gasteiger partial charge >= 0.3 is 0 Å². The summed E-state index contributed by atoms with van der Waals surface area (Å²) in [6.07, 6.45) is 5.34. The number of piperidine rings is 1. The minimum Gasteiger partial charge on any atom is -0.490 e. The molecular formula is C22H27N3O3S. The van der Waals surface area contributed by atoms with E-state index in [1.807, 2.05) is 0 Å². The fourth-order valence-corrected chi connectivity index (χ4v) is 5.27. The summed E-state index contributed by atoms with van der Waals surface area (Å²) in [5, 5.41) is 2.33. The molecule has 0 spiro atoms. The van der Waals surface area contributed by atoms with Gasteiger partial charge in [-0.1, -0.05) is 17.4 Å². The molecule has 4 heterocycles. The molecule has 0 saturated carbocycles. The highest BCUT2D eigenvalue weighted by Crippen LogP contribution is 2.33. The summed E-state index contributed by atoms with van der Waals surface area (Å²) in [5.41, 5.74) is 2.44. The monoisotopic (exact) mass is 413 g/mol. The Labute approximate surface area is 175 Å². The van der Waals surface area contributed by atoms with Crippen molar-refractivity contribution in [2.75, 3.05) is 38.3 Å². The summed E-state index contributed by atoms with van der Waals surface area (Å²) in [5.74, 6) is 0.985. The summed E-state index contributed by atoms with van der Waals surface area (Å²) in [7, 11) is 1.74. The van der Waals surface area contributed by atoms with Crippen LogP contribution in [0.3, 0.4) is 0 Å². The number of thiazole rings is 1. The number of hydrogen-bond donors (Lipinski definition) is 0. The van der Waals surface area contributed by atoms with Crippen LogP contribution in [-0.2, 0) is 29.0 Å². The molecule has 0 aliphatic carbocycles. The molecule has 0 atom stereocenters. The van der Waals surface area contributed by atoms with E-state index >= 15 is 0 Å². The molecule has 2 aliphatic heterocycles. The van der Waals surface area contributed by atoms with Gasteiger partial charge in [0.05, 0.1) is 35.9 Å². The van der Waals surface area contributed by atoms with Gasteiger partial charge in [0.2, 0.25) is 0 Å². The molecule has 0 unspecified atom stereocenters. The molecule has 7 heteroatoms. The van der Waals surface area contributed by atoms with Gasteiger partial charge in [-0.15, -0.1) is 0 Å². The van der Waals surface area contributed by atoms with Crippen molar-refractivity contribution in [3.05, 3.63) is 41.0 Å². The third-order valence-electron chi connectivity index (χ3n) is 5.80. The number of rotatable bonds is 6. The second-order valence-corrected chi connectivity index (χ2v) is 8.73. The summed E-state index contributed by atoms with van der Waals surface area (Å²) in [4.78, 5) is 8.57. The highest BCUT2D eigenvalue weighted by Gasteiger charge is 2.25. The number of nitrogens with zero attached hydrogens (tertiary/aromatic N) is 3. The van der Waals surface area contributed by atoms with Crippen LogP contribution in [0, 0.1) is 0 Å². The molecule has 6 nitrogen and oxygen atoms in total. The average Bonchev–Trinajstić information content (AvgIpc) is 3.37. The molecular weight excluding hydrogens is 386 g/mol. The van der Waals surface area contributed by atoms with Crippen LogP contribution < -0.4 is 9.64 Å². The normalized spacial score (nSPS) is 17.6. The predicted octanol–water partition coefficient (Wildman–Crippen LogP) is 3.86. The quantitative estimate of drug-likeness (QED) is 0.614. The molecule has 1 aromatic carbocycles. The maximum absolute atomic E-state index is 6.44. The lowest BCUT2D eigenvalue weighted by molar-refractivity contribution is 0.112. The van der Waals surface area contributed by atoms with Gasteiger partial charge in [0, 0.05) is 57.6 Å². The Bertz CT molecular complexity index is 952. The molecule has 3 aromatic rings. The van der Waals surface area contributed by atoms with Crippen LogP contribution in [0.25, 0.3) is 10.9 Å². The third kappa shape index (κ3) is 3.86. The third-order valence-corrected chi connectivity index (χ3v) is 6.93. The van der Waals surface area contributed by atoms with Gasteiger partial charge < -0.3 is 23.7 Å². The number of benzene rings is 1. The van der Waals surface area contributed by atoms with Crippen molar-refractivity contribution in [3.63, 3.8) is 0 Å². The van der Waals surface area contributed by atoms with Crippen LogP contribution in [0.5, 0.6) is 5.75 Å². The minimum atomic E-state index is 0.247. The van der Waals surface area contributed by atoms with Crippen LogP contribution in [-0.4, -0.2) is 49.1 Å². The SMILES string of the molecule is COCCn1ccc2c(OC3CCN(c4nc5c(s4)COCC5)CC3)cccc21. The summed E-state index contributed by atoms with van der Waals surface area (Å²) in [6.45, 7) is 5.06. The van der Waals surface area contributed by atoms with E-state index in [2.05, 4.69) is 39.9 Å². The fraction of sp³-hybridized carbons (Fsp3) is 0.500. The van der Waals surface area contributed by atoms with E-state index in [0.717, 1.165) is 63.0 Å². The van der Waals surface area contributed by atoms with E-state index in [-0.39, 0.29) is 6.10 Å². The Balaban J connectivity index is 1.24. The highest BCUT2D eigenvalue weighted by atomic mass is 32.1. The number of anilines is 1. The molecule has 0 N–H and O–H groups in total. The first-order valence-corrected chi connectivity index (χ1v) is 11.2. The van der Waals surface area contributed by atoms with Gasteiger partial charge in [-0.05, 0) is 18.2 Å². The summed E-state index contributed by atoms with van der Waals surface area (Å²) < 4.78 is 19.5. The van der Waals surface area contributed by atoms with E-state index in [1.54, 1.807) is 18.4 Å². The van der Waals surface area contributed by atoms with Crippen molar-refractivity contribution in [1.82, 2.24) is 9.55 Å². The summed E-state index contributed by atoms with van der Waals surface area (Å²) >= 11 is 1.79. The van der Waals surface area contributed by atoms with Crippen LogP contribution in [0.4, 0.5) is 5.13 Å². The Kier molecular flexibility index (Phi) is 5.44. The smallest absolute Gasteiger partial charge is 0.185 e. The molecule has 5 rings (SSSR count). The Morgan fingerprint density at radius 3 is 2.97 bits per heavy atom. The first kappa shape index (κ1) is 18.9. The molecule has 1 fully saturated rings. The lowest BCUT2D eigenvalue weighted by atomic mass is 10.1. The van der Waals surface area contributed by atoms with Crippen molar-refractivity contribution < 1.29 is 14.2 Å². The zero-order chi connectivity index (χ0) is 19.6. The van der Waals surface area contributed by atoms with Crippen LogP contribution in [0.15, 0.2) is 30.5 Å². The molecule has 0 bridgehead atoms. The molecule has 0 radical (unpaired) electrons. The predicted molar refractivity (Wildman–Crippen MR) is 115 cm³/mol. The zero-order valence-corrected chi connectivity index (χ0v) is 17.6. The highest BCUT2D eigenvalue weighted by molar-refractivity contribution is 7.15. The van der Waals surface area contributed by atoms with Gasteiger partial charge in [-0.3, -0.25) is 0 Å². The number of aromatic nitrogens is 2. The van der Waals surface area contributed by atoms with E-state index in [4.69, 9.17) is 19.2 Å². The minimum absolute atomic E-state index is 0.247. The number of ether oxygens (including phenoxy) is 3. The average molecular weight is 414 g/mol. The van der Waals surface area contributed by atoms with Crippen molar-refractivity contribution in [1.29, 1.82) is 0 Å². The van der Waals surface area contributed by atoms with Crippen LogP contribution in [0.2, 0.25) is 0 Å². The molecule has 2 aliphatic rings. The van der Waals surface area contributed by atoms with Gasteiger partial charge in [0.15, 0.2) is 5.13 Å². The van der Waals surface area contributed by atoms with Crippen molar-refractivity contribution in [3.8, 4) is 5.75 Å². The van der Waals surface area contributed by atoms with Crippen LogP contribution >= 0.6 is 11.3 Å². The fourth-order valence-electron chi connectivity index (χ4n) is 4.17. The molecule has 154 valence electrons. The van der Waals surface area contributed by atoms with Crippen molar-refractivity contribution in [2.24, 2.45) is 0 Å². The largest absolute Gasteiger partial charge is 0.490 e. The lowest BCUT2D eigenvalue weighted by Crippen LogP contribution is -2.38. The molecule has 2 aromatic heterocycles. The first-order chi connectivity index (χ1) is 14.3. The summed E-state index contributed by atoms with van der Waals surface area (Å²) in [6, 6.07) is 8.47.